The van der Waals surface area contributed by atoms with E-state index in [0.29, 0.717) is 48.6 Å². The van der Waals surface area contributed by atoms with Crippen LogP contribution in [0.2, 0.25) is 0 Å². The number of benzene rings is 2. The van der Waals surface area contributed by atoms with Gasteiger partial charge < -0.3 is 25.0 Å². The van der Waals surface area contributed by atoms with Crippen molar-refractivity contribution in [2.24, 2.45) is 5.92 Å². The summed E-state index contributed by atoms with van der Waals surface area (Å²) in [5.74, 6) is 0.624. The molecular weight excluding hydrogens is 446 g/mol. The lowest BCUT2D eigenvalue weighted by molar-refractivity contribution is -0.125. The molecule has 2 aliphatic heterocycles. The highest BCUT2D eigenvalue weighted by atomic mass is 16.7. The van der Waals surface area contributed by atoms with Gasteiger partial charge in [0.05, 0.1) is 0 Å². The Labute approximate surface area is 206 Å². The van der Waals surface area contributed by atoms with Crippen molar-refractivity contribution in [3.8, 4) is 11.5 Å². The first-order valence-corrected chi connectivity index (χ1v) is 12.2. The van der Waals surface area contributed by atoms with Crippen LogP contribution in [0.5, 0.6) is 11.5 Å². The molecule has 0 radical (unpaired) electrons. The monoisotopic (exact) mass is 479 g/mol. The van der Waals surface area contributed by atoms with Crippen molar-refractivity contribution in [1.29, 1.82) is 0 Å². The summed E-state index contributed by atoms with van der Waals surface area (Å²) in [5, 5.41) is 6.01. The van der Waals surface area contributed by atoms with E-state index in [9.17, 15) is 14.4 Å². The topological polar surface area (TPSA) is 97.0 Å². The molecule has 8 heteroatoms. The number of fused-ring (bicyclic) bond motifs is 1. The SMILES string of the molecule is CC[C@@H](C)NC(=O)[C@H](NC(=O)c1ccccc1C)C1CCN(C(=O)c2ccc3c(c2)OCO3)CC1. The fourth-order valence-electron chi connectivity index (χ4n) is 4.53. The highest BCUT2D eigenvalue weighted by Gasteiger charge is 2.35. The zero-order valence-corrected chi connectivity index (χ0v) is 20.5. The van der Waals surface area contributed by atoms with Crippen molar-refractivity contribution in [2.45, 2.75) is 52.1 Å². The summed E-state index contributed by atoms with van der Waals surface area (Å²) in [6.45, 7) is 7.00. The second-order valence-electron chi connectivity index (χ2n) is 9.28. The first-order valence-electron chi connectivity index (χ1n) is 12.2. The van der Waals surface area contributed by atoms with Crippen LogP contribution in [0.25, 0.3) is 0 Å². The fourth-order valence-corrected chi connectivity index (χ4v) is 4.53. The number of carbonyl (C=O) groups is 3. The molecule has 2 aromatic carbocycles. The summed E-state index contributed by atoms with van der Waals surface area (Å²) in [6, 6.07) is 11.9. The van der Waals surface area contributed by atoms with Crippen LogP contribution >= 0.6 is 0 Å². The van der Waals surface area contributed by atoms with Gasteiger partial charge in [0.25, 0.3) is 11.8 Å². The third-order valence-electron chi connectivity index (χ3n) is 6.88. The minimum absolute atomic E-state index is 0.00744. The number of hydrogen-bond acceptors (Lipinski definition) is 5. The van der Waals surface area contributed by atoms with Crippen LogP contribution in [-0.4, -0.2) is 54.6 Å². The summed E-state index contributed by atoms with van der Waals surface area (Å²) in [4.78, 5) is 41.1. The van der Waals surface area contributed by atoms with E-state index in [2.05, 4.69) is 10.6 Å². The molecule has 1 fully saturated rings. The summed E-state index contributed by atoms with van der Waals surface area (Å²) in [6.07, 6.45) is 2.03. The van der Waals surface area contributed by atoms with E-state index in [-0.39, 0.29) is 36.5 Å². The minimum atomic E-state index is -0.668. The third-order valence-corrected chi connectivity index (χ3v) is 6.88. The van der Waals surface area contributed by atoms with Gasteiger partial charge in [0.2, 0.25) is 12.7 Å². The van der Waals surface area contributed by atoms with E-state index >= 15 is 0 Å². The number of nitrogens with zero attached hydrogens (tertiary/aromatic N) is 1. The van der Waals surface area contributed by atoms with Crippen LogP contribution in [0.3, 0.4) is 0 Å². The van der Waals surface area contributed by atoms with E-state index in [0.717, 1.165) is 12.0 Å². The Morgan fingerprint density at radius 2 is 1.74 bits per heavy atom. The van der Waals surface area contributed by atoms with E-state index in [1.807, 2.05) is 39.0 Å². The summed E-state index contributed by atoms with van der Waals surface area (Å²) in [7, 11) is 0. The summed E-state index contributed by atoms with van der Waals surface area (Å²) >= 11 is 0. The largest absolute Gasteiger partial charge is 0.454 e. The van der Waals surface area contributed by atoms with Gasteiger partial charge in [-0.25, -0.2) is 0 Å². The summed E-state index contributed by atoms with van der Waals surface area (Å²) < 4.78 is 10.7. The average Bonchev–Trinajstić information content (AvgIpc) is 3.35. The number of piperidine rings is 1. The molecule has 2 heterocycles. The number of ether oxygens (including phenoxy) is 2. The van der Waals surface area contributed by atoms with E-state index in [4.69, 9.17) is 9.47 Å². The van der Waals surface area contributed by atoms with Crippen LogP contribution in [0, 0.1) is 12.8 Å². The minimum Gasteiger partial charge on any atom is -0.454 e. The van der Waals surface area contributed by atoms with Gasteiger partial charge in [-0.3, -0.25) is 14.4 Å². The smallest absolute Gasteiger partial charge is 0.253 e. The van der Waals surface area contributed by atoms with Gasteiger partial charge in [-0.2, -0.15) is 0 Å². The molecule has 186 valence electrons. The van der Waals surface area contributed by atoms with E-state index < -0.39 is 6.04 Å². The first-order chi connectivity index (χ1) is 16.9. The van der Waals surface area contributed by atoms with Gasteiger partial charge in [-0.15, -0.1) is 0 Å². The van der Waals surface area contributed by atoms with Gasteiger partial charge in [0.1, 0.15) is 6.04 Å². The second kappa shape index (κ2) is 10.8. The molecule has 8 nitrogen and oxygen atoms in total. The zero-order valence-electron chi connectivity index (χ0n) is 20.5. The molecule has 0 unspecified atom stereocenters. The number of likely N-dealkylation sites (tertiary alicyclic amines) is 1. The predicted molar refractivity (Wildman–Crippen MR) is 132 cm³/mol. The maximum atomic E-state index is 13.2. The summed E-state index contributed by atoms with van der Waals surface area (Å²) in [5.41, 5.74) is 1.96. The lowest BCUT2D eigenvalue weighted by Gasteiger charge is -2.36. The van der Waals surface area contributed by atoms with Crippen molar-refractivity contribution < 1.29 is 23.9 Å². The molecule has 2 aromatic rings. The number of amides is 3. The highest BCUT2D eigenvalue weighted by Crippen LogP contribution is 2.33. The van der Waals surface area contributed by atoms with Gasteiger partial charge in [-0.05, 0) is 68.9 Å². The maximum Gasteiger partial charge on any atom is 0.253 e. The van der Waals surface area contributed by atoms with Gasteiger partial charge in [0, 0.05) is 30.3 Å². The number of aryl methyl sites for hydroxylation is 1. The van der Waals surface area contributed by atoms with Gasteiger partial charge in [-0.1, -0.05) is 25.1 Å². The Morgan fingerprint density at radius 3 is 2.46 bits per heavy atom. The Balaban J connectivity index is 1.44. The Morgan fingerprint density at radius 1 is 1.03 bits per heavy atom. The molecular formula is C27H33N3O5. The fraction of sp³-hybridized carbons (Fsp3) is 0.444. The lowest BCUT2D eigenvalue weighted by Crippen LogP contribution is -2.55. The lowest BCUT2D eigenvalue weighted by atomic mass is 9.88. The Kier molecular flexibility index (Phi) is 7.58. The molecule has 0 saturated carbocycles. The predicted octanol–water partition coefficient (Wildman–Crippen LogP) is 3.29. The Bertz CT molecular complexity index is 1090. The van der Waals surface area contributed by atoms with Crippen molar-refractivity contribution in [3.05, 3.63) is 59.2 Å². The third kappa shape index (κ3) is 5.58. The van der Waals surface area contributed by atoms with Gasteiger partial charge in [0.15, 0.2) is 11.5 Å². The van der Waals surface area contributed by atoms with Crippen molar-refractivity contribution in [1.82, 2.24) is 15.5 Å². The molecule has 2 N–H and O–H groups in total. The number of rotatable bonds is 7. The standard InChI is InChI=1S/C27H33N3O5/c1-4-18(3)28-26(32)24(29-25(31)21-8-6-5-7-17(21)2)19-11-13-30(14-12-19)27(33)20-9-10-22-23(15-20)35-16-34-22/h5-10,15,18-19,24H,4,11-14,16H2,1-3H3,(H,28,32)(H,29,31)/t18-,24-/m1/s1. The van der Waals surface area contributed by atoms with Crippen LogP contribution in [0.15, 0.2) is 42.5 Å². The van der Waals surface area contributed by atoms with E-state index in [1.54, 1.807) is 29.2 Å². The maximum absolute atomic E-state index is 13.2. The normalized spacial score (nSPS) is 16.9. The number of carbonyl (C=O) groups excluding carboxylic acids is 3. The van der Waals surface area contributed by atoms with Crippen LogP contribution in [-0.2, 0) is 4.79 Å². The number of nitrogens with one attached hydrogen (secondary N) is 2. The van der Waals surface area contributed by atoms with Crippen LogP contribution < -0.4 is 20.1 Å². The molecule has 2 aliphatic rings. The molecule has 2 atom stereocenters. The van der Waals surface area contributed by atoms with Crippen LogP contribution in [0.1, 0.15) is 59.4 Å². The molecule has 0 aliphatic carbocycles. The van der Waals surface area contributed by atoms with Crippen molar-refractivity contribution in [3.63, 3.8) is 0 Å². The zero-order chi connectivity index (χ0) is 24.9. The molecule has 4 rings (SSSR count). The molecule has 0 aromatic heterocycles. The molecule has 1 saturated heterocycles. The quantitative estimate of drug-likeness (QED) is 0.635. The number of hydrogen-bond donors (Lipinski definition) is 2. The first kappa shape index (κ1) is 24.6. The molecule has 3 amide bonds. The second-order valence-corrected chi connectivity index (χ2v) is 9.28. The molecule has 35 heavy (non-hydrogen) atoms. The highest BCUT2D eigenvalue weighted by molar-refractivity contribution is 5.99. The molecule has 0 spiro atoms. The van der Waals surface area contributed by atoms with E-state index in [1.165, 1.54) is 0 Å². The average molecular weight is 480 g/mol. The van der Waals surface area contributed by atoms with Crippen LogP contribution in [0.4, 0.5) is 0 Å². The van der Waals surface area contributed by atoms with Gasteiger partial charge >= 0.3 is 0 Å². The molecule has 0 bridgehead atoms. The van der Waals surface area contributed by atoms with Crippen molar-refractivity contribution in [2.75, 3.05) is 19.9 Å². The Hall–Kier alpha value is -3.55. The van der Waals surface area contributed by atoms with Crippen molar-refractivity contribution >= 4 is 17.7 Å².